The molecule has 0 aliphatic rings. The third-order valence-electron chi connectivity index (χ3n) is 1.47. The van der Waals surface area contributed by atoms with Gasteiger partial charge in [-0.15, -0.1) is 0 Å². The molecular formula is C10H17ClO3. The van der Waals surface area contributed by atoms with E-state index < -0.39 is 11.9 Å². The molecule has 0 aromatic carbocycles. The van der Waals surface area contributed by atoms with E-state index in [4.69, 9.17) is 16.3 Å². The van der Waals surface area contributed by atoms with Gasteiger partial charge in [-0.25, -0.2) is 0 Å². The van der Waals surface area contributed by atoms with E-state index >= 15 is 0 Å². The lowest BCUT2D eigenvalue weighted by atomic mass is 10.0. The molecule has 1 atom stereocenters. The smallest absolute Gasteiger partial charge is 0.316 e. The molecule has 0 aliphatic heterocycles. The predicted molar refractivity (Wildman–Crippen MR) is 57.1 cm³/mol. The Kier molecular flexibility index (Phi) is 11.4. The standard InChI is InChI=1S/C8H14O3.C2H3Cl/c1-4-7(6(3)9)8(10)11-5-2;1-2-3/h7H,4-5H2,1-3H3;2H,1H2. The van der Waals surface area contributed by atoms with Gasteiger partial charge in [0.2, 0.25) is 0 Å². The minimum absolute atomic E-state index is 0.119. The Morgan fingerprint density at radius 1 is 1.50 bits per heavy atom. The van der Waals surface area contributed by atoms with Gasteiger partial charge in [0.25, 0.3) is 0 Å². The van der Waals surface area contributed by atoms with Crippen LogP contribution >= 0.6 is 11.6 Å². The van der Waals surface area contributed by atoms with Crippen molar-refractivity contribution in [1.29, 1.82) is 0 Å². The van der Waals surface area contributed by atoms with Gasteiger partial charge in [-0.3, -0.25) is 9.59 Å². The third kappa shape index (κ3) is 7.80. The van der Waals surface area contributed by atoms with Crippen LogP contribution in [0.15, 0.2) is 12.1 Å². The van der Waals surface area contributed by atoms with E-state index in [2.05, 4.69) is 6.58 Å². The van der Waals surface area contributed by atoms with Crippen molar-refractivity contribution in [2.45, 2.75) is 27.2 Å². The number of hydrogen-bond donors (Lipinski definition) is 0. The first-order valence-corrected chi connectivity index (χ1v) is 4.86. The van der Waals surface area contributed by atoms with Crippen LogP contribution in [0.2, 0.25) is 0 Å². The number of carbonyl (C=O) groups is 2. The maximum Gasteiger partial charge on any atom is 0.316 e. The first kappa shape index (κ1) is 15.6. The fourth-order valence-corrected chi connectivity index (χ4v) is 0.863. The van der Waals surface area contributed by atoms with Crippen LogP contribution in [0.4, 0.5) is 0 Å². The average molecular weight is 221 g/mol. The molecule has 0 N–H and O–H groups in total. The number of esters is 1. The molecule has 0 fully saturated rings. The highest BCUT2D eigenvalue weighted by atomic mass is 35.5. The Morgan fingerprint density at radius 3 is 2.14 bits per heavy atom. The Bertz CT molecular complexity index is 190. The summed E-state index contributed by atoms with van der Waals surface area (Å²) >= 11 is 4.76. The molecule has 0 radical (unpaired) electrons. The lowest BCUT2D eigenvalue weighted by Gasteiger charge is -2.08. The number of Topliss-reactive ketones (excluding diaryl/α,β-unsaturated/α-hetero) is 1. The van der Waals surface area contributed by atoms with Crippen molar-refractivity contribution < 1.29 is 14.3 Å². The van der Waals surface area contributed by atoms with E-state index in [0.29, 0.717) is 13.0 Å². The van der Waals surface area contributed by atoms with Crippen molar-refractivity contribution >= 4 is 23.4 Å². The zero-order chi connectivity index (χ0) is 11.6. The number of carbonyl (C=O) groups excluding carboxylic acids is 2. The first-order valence-electron chi connectivity index (χ1n) is 4.43. The number of hydrogen-bond acceptors (Lipinski definition) is 3. The van der Waals surface area contributed by atoms with Crippen molar-refractivity contribution in [3.8, 4) is 0 Å². The lowest BCUT2D eigenvalue weighted by Crippen LogP contribution is -2.23. The largest absolute Gasteiger partial charge is 0.465 e. The monoisotopic (exact) mass is 220 g/mol. The van der Waals surface area contributed by atoms with E-state index in [1.807, 2.05) is 0 Å². The molecule has 0 saturated carbocycles. The Morgan fingerprint density at radius 2 is 1.93 bits per heavy atom. The van der Waals surface area contributed by atoms with E-state index in [9.17, 15) is 9.59 Å². The summed E-state index contributed by atoms with van der Waals surface area (Å²) < 4.78 is 4.70. The minimum atomic E-state index is -0.560. The van der Waals surface area contributed by atoms with Crippen molar-refractivity contribution in [2.75, 3.05) is 6.61 Å². The van der Waals surface area contributed by atoms with Crippen molar-refractivity contribution in [3.05, 3.63) is 12.1 Å². The molecule has 14 heavy (non-hydrogen) atoms. The molecule has 0 heterocycles. The van der Waals surface area contributed by atoms with Crippen LogP contribution in [0, 0.1) is 5.92 Å². The van der Waals surface area contributed by atoms with Crippen molar-refractivity contribution in [3.63, 3.8) is 0 Å². The van der Waals surface area contributed by atoms with Gasteiger partial charge in [-0.2, -0.15) is 0 Å². The highest BCUT2D eigenvalue weighted by molar-refractivity contribution is 6.25. The van der Waals surface area contributed by atoms with E-state index in [-0.39, 0.29) is 5.78 Å². The van der Waals surface area contributed by atoms with E-state index in [0.717, 1.165) is 0 Å². The Hall–Kier alpha value is -0.830. The van der Waals surface area contributed by atoms with Crippen LogP contribution in [-0.4, -0.2) is 18.4 Å². The Balaban J connectivity index is 0. The molecule has 0 aromatic heterocycles. The predicted octanol–water partition coefficient (Wildman–Crippen LogP) is 2.53. The second-order valence-electron chi connectivity index (χ2n) is 2.48. The SMILES string of the molecule is C=CCl.CCOC(=O)C(CC)C(C)=O. The minimum Gasteiger partial charge on any atom is -0.465 e. The van der Waals surface area contributed by atoms with Gasteiger partial charge < -0.3 is 4.74 Å². The van der Waals surface area contributed by atoms with Crippen molar-refractivity contribution in [2.24, 2.45) is 5.92 Å². The van der Waals surface area contributed by atoms with Gasteiger partial charge in [0, 0.05) is 0 Å². The van der Waals surface area contributed by atoms with Gasteiger partial charge in [-0.1, -0.05) is 25.1 Å². The van der Waals surface area contributed by atoms with E-state index in [1.165, 1.54) is 12.5 Å². The van der Waals surface area contributed by atoms with Gasteiger partial charge >= 0.3 is 5.97 Å². The van der Waals surface area contributed by atoms with Crippen LogP contribution in [0.3, 0.4) is 0 Å². The summed E-state index contributed by atoms with van der Waals surface area (Å²) in [6.45, 7) is 8.39. The topological polar surface area (TPSA) is 43.4 Å². The zero-order valence-corrected chi connectivity index (χ0v) is 9.63. The molecule has 0 rings (SSSR count). The molecule has 1 unspecified atom stereocenters. The van der Waals surface area contributed by atoms with Crippen LogP contribution in [0.1, 0.15) is 27.2 Å². The first-order chi connectivity index (χ1) is 6.54. The van der Waals surface area contributed by atoms with E-state index in [1.54, 1.807) is 13.8 Å². The molecule has 82 valence electrons. The quantitative estimate of drug-likeness (QED) is 0.540. The highest BCUT2D eigenvalue weighted by Gasteiger charge is 2.21. The lowest BCUT2D eigenvalue weighted by molar-refractivity contribution is -0.151. The fourth-order valence-electron chi connectivity index (χ4n) is 0.863. The summed E-state index contributed by atoms with van der Waals surface area (Å²) in [4.78, 5) is 21.8. The van der Waals surface area contributed by atoms with Gasteiger partial charge in [0.1, 0.15) is 11.7 Å². The van der Waals surface area contributed by atoms with Gasteiger partial charge in [0.15, 0.2) is 0 Å². The molecule has 0 saturated heterocycles. The number of ketones is 1. The molecule has 0 amide bonds. The molecule has 0 aliphatic carbocycles. The van der Waals surface area contributed by atoms with Gasteiger partial charge in [-0.05, 0) is 25.8 Å². The summed E-state index contributed by atoms with van der Waals surface area (Å²) in [5, 5.41) is 0. The van der Waals surface area contributed by atoms with Gasteiger partial charge in [0.05, 0.1) is 6.61 Å². The maximum atomic E-state index is 11.0. The van der Waals surface area contributed by atoms with Crippen molar-refractivity contribution in [1.82, 2.24) is 0 Å². The summed E-state index contributed by atoms with van der Waals surface area (Å²) in [6, 6.07) is 0. The average Bonchev–Trinajstić information content (AvgIpc) is 2.06. The molecule has 0 spiro atoms. The number of halogens is 1. The summed E-state index contributed by atoms with van der Waals surface area (Å²) in [5.74, 6) is -1.08. The molecule has 3 nitrogen and oxygen atoms in total. The molecule has 0 aromatic rings. The maximum absolute atomic E-state index is 11.0. The number of rotatable bonds is 4. The molecule has 0 bridgehead atoms. The fraction of sp³-hybridized carbons (Fsp3) is 0.600. The number of ether oxygens (including phenoxy) is 1. The highest BCUT2D eigenvalue weighted by Crippen LogP contribution is 2.05. The zero-order valence-electron chi connectivity index (χ0n) is 8.88. The normalized spacial score (nSPS) is 10.6. The second kappa shape index (κ2) is 10.3. The molecule has 4 heteroatoms. The summed E-state index contributed by atoms with van der Waals surface area (Å²) in [6.07, 6.45) is 0.522. The second-order valence-corrected chi connectivity index (χ2v) is 2.79. The molecular weight excluding hydrogens is 204 g/mol. The van der Waals surface area contributed by atoms with Crippen LogP contribution in [-0.2, 0) is 14.3 Å². The summed E-state index contributed by atoms with van der Waals surface area (Å²) in [7, 11) is 0. The summed E-state index contributed by atoms with van der Waals surface area (Å²) in [5.41, 5.74) is 1.22. The van der Waals surface area contributed by atoms with Crippen LogP contribution in [0.25, 0.3) is 0 Å². The Labute approximate surface area is 90.1 Å². The third-order valence-corrected chi connectivity index (χ3v) is 1.47. The van der Waals surface area contributed by atoms with Crippen LogP contribution in [0.5, 0.6) is 0 Å². The van der Waals surface area contributed by atoms with Crippen LogP contribution < -0.4 is 0 Å².